The van der Waals surface area contributed by atoms with Crippen molar-refractivity contribution >= 4 is 23.2 Å². The van der Waals surface area contributed by atoms with Crippen molar-refractivity contribution in [1.82, 2.24) is 4.98 Å². The van der Waals surface area contributed by atoms with E-state index in [0.717, 1.165) is 18.2 Å². The van der Waals surface area contributed by atoms with Gasteiger partial charge in [-0.05, 0) is 30.3 Å². The smallest absolute Gasteiger partial charge is 0.236 e. The van der Waals surface area contributed by atoms with Crippen molar-refractivity contribution in [3.63, 3.8) is 0 Å². The quantitative estimate of drug-likeness (QED) is 0.520. The molecule has 0 amide bonds. The number of hydrogen-bond donors (Lipinski definition) is 0. The SMILES string of the molecule is Fc1ccc(-c2cc(C(F)(F)F)cc(Cl)n2)cc1Cl. The third kappa shape index (κ3) is 3.16. The summed E-state index contributed by atoms with van der Waals surface area (Å²) in [5.74, 6) is -0.663. The molecule has 0 N–H and O–H groups in total. The molecule has 7 heteroatoms. The van der Waals surface area contributed by atoms with Crippen molar-refractivity contribution in [2.24, 2.45) is 0 Å². The first-order valence-electron chi connectivity index (χ1n) is 4.97. The van der Waals surface area contributed by atoms with Crippen LogP contribution in [0.1, 0.15) is 5.56 Å². The van der Waals surface area contributed by atoms with Crippen molar-refractivity contribution in [1.29, 1.82) is 0 Å². The zero-order valence-electron chi connectivity index (χ0n) is 9.10. The molecule has 1 aromatic heterocycles. The molecule has 2 rings (SSSR count). The molecule has 0 spiro atoms. The maximum absolute atomic E-state index is 13.0. The van der Waals surface area contributed by atoms with Crippen molar-refractivity contribution in [2.45, 2.75) is 6.18 Å². The van der Waals surface area contributed by atoms with E-state index in [2.05, 4.69) is 4.98 Å². The summed E-state index contributed by atoms with van der Waals surface area (Å²) in [4.78, 5) is 3.77. The van der Waals surface area contributed by atoms with Crippen LogP contribution in [0.3, 0.4) is 0 Å². The minimum Gasteiger partial charge on any atom is -0.236 e. The van der Waals surface area contributed by atoms with E-state index in [1.54, 1.807) is 0 Å². The first-order valence-corrected chi connectivity index (χ1v) is 5.73. The average molecular weight is 310 g/mol. The van der Waals surface area contributed by atoms with Crippen LogP contribution < -0.4 is 0 Å². The number of halogens is 6. The summed E-state index contributed by atoms with van der Waals surface area (Å²) in [5.41, 5.74) is -0.705. The highest BCUT2D eigenvalue weighted by molar-refractivity contribution is 6.31. The number of pyridine rings is 1. The Morgan fingerprint density at radius 3 is 2.26 bits per heavy atom. The van der Waals surface area contributed by atoms with Gasteiger partial charge in [-0.1, -0.05) is 23.2 Å². The van der Waals surface area contributed by atoms with E-state index in [1.807, 2.05) is 0 Å². The van der Waals surface area contributed by atoms with Crippen molar-refractivity contribution < 1.29 is 17.6 Å². The van der Waals surface area contributed by atoms with Crippen LogP contribution in [0, 0.1) is 5.82 Å². The van der Waals surface area contributed by atoms with Gasteiger partial charge in [0.05, 0.1) is 16.3 Å². The maximum Gasteiger partial charge on any atom is 0.416 e. The summed E-state index contributed by atoms with van der Waals surface area (Å²) in [6, 6.07) is 5.06. The minimum atomic E-state index is -4.54. The van der Waals surface area contributed by atoms with Crippen molar-refractivity contribution in [3.05, 3.63) is 51.9 Å². The van der Waals surface area contributed by atoms with Gasteiger partial charge in [-0.25, -0.2) is 9.37 Å². The summed E-state index contributed by atoms with van der Waals surface area (Å²) in [6.07, 6.45) is -4.54. The van der Waals surface area contributed by atoms with Crippen LogP contribution in [-0.4, -0.2) is 4.98 Å². The lowest BCUT2D eigenvalue weighted by Gasteiger charge is -2.09. The fraction of sp³-hybridized carbons (Fsp3) is 0.0833. The number of benzene rings is 1. The molecule has 0 fully saturated rings. The van der Waals surface area contributed by atoms with Gasteiger partial charge in [0.1, 0.15) is 11.0 Å². The van der Waals surface area contributed by atoms with Crippen molar-refractivity contribution in [3.8, 4) is 11.3 Å². The van der Waals surface area contributed by atoms with Gasteiger partial charge in [0.2, 0.25) is 0 Å². The third-order valence-corrected chi connectivity index (χ3v) is 2.82. The molecule has 0 bridgehead atoms. The van der Waals surface area contributed by atoms with Crippen LogP contribution in [0.15, 0.2) is 30.3 Å². The molecule has 100 valence electrons. The van der Waals surface area contributed by atoms with Crippen LogP contribution in [0.5, 0.6) is 0 Å². The summed E-state index contributed by atoms with van der Waals surface area (Å²) >= 11 is 11.1. The molecule has 0 unspecified atom stereocenters. The predicted molar refractivity (Wildman–Crippen MR) is 64.7 cm³/mol. The lowest BCUT2D eigenvalue weighted by atomic mass is 10.1. The Kier molecular flexibility index (Phi) is 3.69. The standard InChI is InChI=1S/C12H5Cl2F4N/c13-8-3-6(1-2-9(8)15)10-4-7(12(16,17)18)5-11(14)19-10/h1-5H. The molecular weight excluding hydrogens is 305 g/mol. The highest BCUT2D eigenvalue weighted by Gasteiger charge is 2.31. The van der Waals surface area contributed by atoms with E-state index in [-0.39, 0.29) is 21.4 Å². The van der Waals surface area contributed by atoms with Gasteiger partial charge in [0.15, 0.2) is 0 Å². The number of aromatic nitrogens is 1. The number of rotatable bonds is 1. The van der Waals surface area contributed by atoms with Gasteiger partial charge in [0.25, 0.3) is 0 Å². The molecule has 0 aliphatic heterocycles. The van der Waals surface area contributed by atoms with Crippen LogP contribution >= 0.6 is 23.2 Å². The molecule has 0 saturated heterocycles. The van der Waals surface area contributed by atoms with E-state index in [0.29, 0.717) is 0 Å². The highest BCUT2D eigenvalue weighted by atomic mass is 35.5. The third-order valence-electron chi connectivity index (χ3n) is 2.34. The van der Waals surface area contributed by atoms with Crippen LogP contribution in [0.2, 0.25) is 10.2 Å². The Morgan fingerprint density at radius 2 is 1.68 bits per heavy atom. The Morgan fingerprint density at radius 1 is 1.00 bits per heavy atom. The molecule has 1 heterocycles. The average Bonchev–Trinajstić information content (AvgIpc) is 2.31. The van der Waals surface area contributed by atoms with E-state index in [4.69, 9.17) is 23.2 Å². The minimum absolute atomic E-state index is 0.0262. The van der Waals surface area contributed by atoms with E-state index >= 15 is 0 Å². The highest BCUT2D eigenvalue weighted by Crippen LogP contribution is 2.33. The molecule has 19 heavy (non-hydrogen) atoms. The van der Waals surface area contributed by atoms with Crippen molar-refractivity contribution in [2.75, 3.05) is 0 Å². The van der Waals surface area contributed by atoms with Gasteiger partial charge in [0, 0.05) is 5.56 Å². The molecular formula is C12H5Cl2F4N. The molecule has 0 saturated carbocycles. The monoisotopic (exact) mass is 309 g/mol. The zero-order valence-corrected chi connectivity index (χ0v) is 10.6. The lowest BCUT2D eigenvalue weighted by Crippen LogP contribution is -2.05. The van der Waals surface area contributed by atoms with Crippen LogP contribution in [-0.2, 0) is 6.18 Å². The maximum atomic E-state index is 13.0. The summed E-state index contributed by atoms with van der Waals surface area (Å²) in [7, 11) is 0. The van der Waals surface area contributed by atoms with Gasteiger partial charge in [-0.3, -0.25) is 0 Å². The normalized spacial score (nSPS) is 11.7. The Hall–Kier alpha value is -1.33. The summed E-state index contributed by atoms with van der Waals surface area (Å²) in [6.45, 7) is 0. The van der Waals surface area contributed by atoms with Gasteiger partial charge in [-0.2, -0.15) is 13.2 Å². The molecule has 1 nitrogen and oxygen atoms in total. The number of nitrogens with zero attached hydrogens (tertiary/aromatic N) is 1. The predicted octanol–water partition coefficient (Wildman–Crippen LogP) is 5.21. The summed E-state index contributed by atoms with van der Waals surface area (Å²) in [5, 5.41) is -0.502. The fourth-order valence-corrected chi connectivity index (χ4v) is 1.85. The zero-order chi connectivity index (χ0) is 14.2. The largest absolute Gasteiger partial charge is 0.416 e. The van der Waals surface area contributed by atoms with Gasteiger partial charge < -0.3 is 0 Å². The molecule has 0 atom stereocenters. The Balaban J connectivity index is 2.56. The fourth-order valence-electron chi connectivity index (χ4n) is 1.46. The first kappa shape index (κ1) is 14.1. The summed E-state index contributed by atoms with van der Waals surface area (Å²) < 4.78 is 50.9. The molecule has 0 aliphatic rings. The van der Waals surface area contributed by atoms with E-state index < -0.39 is 17.6 Å². The second-order valence-corrected chi connectivity index (χ2v) is 4.48. The number of alkyl halides is 3. The number of hydrogen-bond acceptors (Lipinski definition) is 1. The van der Waals surface area contributed by atoms with E-state index in [9.17, 15) is 17.6 Å². The van der Waals surface area contributed by atoms with Crippen LogP contribution in [0.4, 0.5) is 17.6 Å². The first-order chi connectivity index (χ1) is 8.77. The van der Waals surface area contributed by atoms with Crippen LogP contribution in [0.25, 0.3) is 11.3 Å². The van der Waals surface area contributed by atoms with Gasteiger partial charge in [-0.15, -0.1) is 0 Å². The molecule has 0 radical (unpaired) electrons. The second-order valence-electron chi connectivity index (χ2n) is 3.69. The molecule has 2 aromatic rings. The van der Waals surface area contributed by atoms with Gasteiger partial charge >= 0.3 is 6.18 Å². The second kappa shape index (κ2) is 4.98. The topological polar surface area (TPSA) is 12.9 Å². The Bertz CT molecular complexity index is 626. The van der Waals surface area contributed by atoms with E-state index in [1.165, 1.54) is 12.1 Å². The molecule has 0 aliphatic carbocycles. The molecule has 1 aromatic carbocycles. The lowest BCUT2D eigenvalue weighted by molar-refractivity contribution is -0.137. The Labute approximate surface area is 115 Å².